The minimum Gasteiger partial charge on any atom is -0.465 e. The first-order valence-electron chi connectivity index (χ1n) is 4.72. The highest BCUT2D eigenvalue weighted by atomic mass is 19.4. The molecule has 0 heterocycles. The molecule has 0 atom stereocenters. The van der Waals surface area contributed by atoms with E-state index in [1.165, 1.54) is 0 Å². The molecule has 0 fully saturated rings. The molecule has 3 N–H and O–H groups in total. The number of hydrogen-bond acceptors (Lipinski definition) is 4. The van der Waals surface area contributed by atoms with Gasteiger partial charge in [0.05, 0.1) is 18.4 Å². The number of hydrogen-bond donors (Lipinski definition) is 2. The molecule has 4 nitrogen and oxygen atoms in total. The highest BCUT2D eigenvalue weighted by Crippen LogP contribution is 2.24. The average molecular weight is 266 g/mol. The van der Waals surface area contributed by atoms with Gasteiger partial charge in [-0.25, -0.2) is 9.18 Å². The Kier molecular flexibility index (Phi) is 4.00. The van der Waals surface area contributed by atoms with Gasteiger partial charge in [-0.15, -0.1) is 0 Å². The summed E-state index contributed by atoms with van der Waals surface area (Å²) in [6.45, 7) is -1.42. The normalized spacial score (nSPS) is 11.2. The van der Waals surface area contributed by atoms with Gasteiger partial charge >= 0.3 is 12.1 Å². The summed E-state index contributed by atoms with van der Waals surface area (Å²) in [6, 6.07) is 1.63. The van der Waals surface area contributed by atoms with Crippen LogP contribution in [-0.4, -0.2) is 25.8 Å². The fourth-order valence-electron chi connectivity index (χ4n) is 1.21. The number of carbonyl (C=O) groups excluding carboxylic acids is 1. The van der Waals surface area contributed by atoms with Crippen LogP contribution < -0.4 is 11.1 Å². The number of nitrogens with one attached hydrogen (secondary N) is 1. The number of carbonyl (C=O) groups is 1. The second kappa shape index (κ2) is 5.11. The molecule has 8 heteroatoms. The first-order chi connectivity index (χ1) is 8.24. The molecule has 0 aromatic heterocycles. The SMILES string of the molecule is COC(=O)c1cc(NCC(F)(F)F)c(F)cc1N. The van der Waals surface area contributed by atoms with Crippen LogP contribution in [0.1, 0.15) is 10.4 Å². The monoisotopic (exact) mass is 266 g/mol. The molecular formula is C10H10F4N2O2. The van der Waals surface area contributed by atoms with Gasteiger partial charge in [0.15, 0.2) is 0 Å². The Balaban J connectivity index is 3.02. The predicted octanol–water partition coefficient (Wildman–Crippen LogP) is 2.17. The van der Waals surface area contributed by atoms with E-state index in [-0.39, 0.29) is 11.3 Å². The van der Waals surface area contributed by atoms with Crippen LogP contribution in [0.5, 0.6) is 0 Å². The lowest BCUT2D eigenvalue weighted by atomic mass is 10.1. The molecule has 0 radical (unpaired) electrons. The van der Waals surface area contributed by atoms with Gasteiger partial charge in [0.25, 0.3) is 0 Å². The van der Waals surface area contributed by atoms with E-state index >= 15 is 0 Å². The number of nitrogens with two attached hydrogens (primary N) is 1. The van der Waals surface area contributed by atoms with E-state index in [4.69, 9.17) is 5.73 Å². The van der Waals surface area contributed by atoms with E-state index in [1.54, 1.807) is 0 Å². The van der Waals surface area contributed by atoms with Gasteiger partial charge in [0.2, 0.25) is 0 Å². The zero-order valence-electron chi connectivity index (χ0n) is 9.27. The van der Waals surface area contributed by atoms with Crippen LogP contribution in [0.3, 0.4) is 0 Å². The smallest absolute Gasteiger partial charge is 0.405 e. The summed E-state index contributed by atoms with van der Waals surface area (Å²) in [5.41, 5.74) is 4.47. The van der Waals surface area contributed by atoms with E-state index in [0.717, 1.165) is 19.2 Å². The van der Waals surface area contributed by atoms with Crippen molar-refractivity contribution in [3.63, 3.8) is 0 Å². The maximum absolute atomic E-state index is 13.3. The molecule has 0 bridgehead atoms. The van der Waals surface area contributed by atoms with Crippen LogP contribution in [0.4, 0.5) is 28.9 Å². The standard InChI is InChI=1S/C10H10F4N2O2/c1-18-9(17)5-2-8(6(11)3-7(5)15)16-4-10(12,13)14/h2-3,16H,4,15H2,1H3. The zero-order valence-corrected chi connectivity index (χ0v) is 9.27. The average Bonchev–Trinajstić information content (AvgIpc) is 2.25. The fraction of sp³-hybridized carbons (Fsp3) is 0.300. The van der Waals surface area contributed by atoms with Gasteiger partial charge in [-0.2, -0.15) is 13.2 Å². The molecule has 0 aliphatic carbocycles. The van der Waals surface area contributed by atoms with Crippen LogP contribution >= 0.6 is 0 Å². The Hall–Kier alpha value is -1.99. The number of rotatable bonds is 3. The molecule has 1 rings (SSSR count). The Labute approximate surface area is 99.7 Å². The maximum atomic E-state index is 13.3. The second-order valence-electron chi connectivity index (χ2n) is 3.38. The van der Waals surface area contributed by atoms with E-state index in [1.807, 2.05) is 5.32 Å². The summed E-state index contributed by atoms with van der Waals surface area (Å²) >= 11 is 0. The van der Waals surface area contributed by atoms with Crippen LogP contribution in [0.2, 0.25) is 0 Å². The van der Waals surface area contributed by atoms with Gasteiger partial charge < -0.3 is 15.8 Å². The van der Waals surface area contributed by atoms with Crippen molar-refractivity contribution < 1.29 is 27.1 Å². The lowest BCUT2D eigenvalue weighted by molar-refractivity contribution is -0.115. The number of nitrogen functional groups attached to an aromatic ring is 1. The zero-order chi connectivity index (χ0) is 13.9. The number of benzene rings is 1. The topological polar surface area (TPSA) is 64.3 Å². The Morgan fingerprint density at radius 1 is 1.44 bits per heavy atom. The lowest BCUT2D eigenvalue weighted by Gasteiger charge is -2.12. The highest BCUT2D eigenvalue weighted by molar-refractivity contribution is 5.96. The van der Waals surface area contributed by atoms with Gasteiger partial charge in [0.1, 0.15) is 12.4 Å². The van der Waals surface area contributed by atoms with Crippen molar-refractivity contribution in [2.45, 2.75) is 6.18 Å². The molecule has 0 aliphatic heterocycles. The van der Waals surface area contributed by atoms with Crippen molar-refractivity contribution in [1.29, 1.82) is 0 Å². The summed E-state index contributed by atoms with van der Waals surface area (Å²) < 4.78 is 53.6. The molecular weight excluding hydrogens is 256 g/mol. The minimum absolute atomic E-state index is 0.205. The molecule has 0 saturated carbocycles. The Morgan fingerprint density at radius 3 is 2.56 bits per heavy atom. The van der Waals surface area contributed by atoms with E-state index in [9.17, 15) is 22.4 Å². The fourth-order valence-corrected chi connectivity index (χ4v) is 1.21. The van der Waals surface area contributed by atoms with Gasteiger partial charge in [-0.1, -0.05) is 0 Å². The molecule has 1 aromatic rings. The number of methoxy groups -OCH3 is 1. The van der Waals surface area contributed by atoms with Crippen LogP contribution in [-0.2, 0) is 4.74 Å². The van der Waals surface area contributed by atoms with Gasteiger partial charge in [-0.05, 0) is 12.1 Å². The molecule has 0 saturated heterocycles. The summed E-state index contributed by atoms with van der Waals surface area (Å²) in [6.07, 6.45) is -4.50. The first-order valence-corrected chi connectivity index (χ1v) is 4.72. The number of ether oxygens (including phenoxy) is 1. The lowest BCUT2D eigenvalue weighted by Crippen LogP contribution is -2.22. The summed E-state index contributed by atoms with van der Waals surface area (Å²) in [7, 11) is 1.08. The third-order valence-electron chi connectivity index (χ3n) is 2.02. The quantitative estimate of drug-likeness (QED) is 0.500. The molecule has 1 aromatic carbocycles. The first kappa shape index (κ1) is 14.1. The number of esters is 1. The highest BCUT2D eigenvalue weighted by Gasteiger charge is 2.27. The van der Waals surface area contributed by atoms with Crippen molar-refractivity contribution >= 4 is 17.3 Å². The number of alkyl halides is 3. The molecule has 0 unspecified atom stereocenters. The van der Waals surface area contributed by atoms with E-state index in [0.29, 0.717) is 0 Å². The van der Waals surface area contributed by atoms with Crippen molar-refractivity contribution in [3.8, 4) is 0 Å². The molecule has 18 heavy (non-hydrogen) atoms. The largest absolute Gasteiger partial charge is 0.465 e. The van der Waals surface area contributed by atoms with Gasteiger partial charge in [0, 0.05) is 5.69 Å². The maximum Gasteiger partial charge on any atom is 0.405 e. The molecule has 0 aliphatic rings. The molecule has 100 valence electrons. The summed E-state index contributed by atoms with van der Waals surface area (Å²) in [4.78, 5) is 11.2. The summed E-state index contributed by atoms with van der Waals surface area (Å²) in [5.74, 6) is -1.84. The predicted molar refractivity (Wildman–Crippen MR) is 56.7 cm³/mol. The van der Waals surface area contributed by atoms with Crippen LogP contribution in [0.15, 0.2) is 12.1 Å². The van der Waals surface area contributed by atoms with Crippen LogP contribution in [0, 0.1) is 5.82 Å². The van der Waals surface area contributed by atoms with Crippen LogP contribution in [0.25, 0.3) is 0 Å². The van der Waals surface area contributed by atoms with Gasteiger partial charge in [-0.3, -0.25) is 0 Å². The molecule has 0 amide bonds. The third-order valence-corrected chi connectivity index (χ3v) is 2.02. The third kappa shape index (κ3) is 3.51. The Bertz CT molecular complexity index is 460. The summed E-state index contributed by atoms with van der Waals surface area (Å²) in [5, 5.41) is 1.84. The van der Waals surface area contributed by atoms with E-state index < -0.39 is 30.2 Å². The second-order valence-corrected chi connectivity index (χ2v) is 3.38. The van der Waals surface area contributed by atoms with Crippen molar-refractivity contribution in [2.24, 2.45) is 0 Å². The Morgan fingerprint density at radius 2 is 2.06 bits per heavy atom. The number of anilines is 2. The van der Waals surface area contributed by atoms with E-state index in [2.05, 4.69) is 4.74 Å². The van der Waals surface area contributed by atoms with Crippen molar-refractivity contribution in [3.05, 3.63) is 23.5 Å². The minimum atomic E-state index is -4.50. The van der Waals surface area contributed by atoms with Crippen molar-refractivity contribution in [2.75, 3.05) is 24.7 Å². The molecule has 0 spiro atoms. The van der Waals surface area contributed by atoms with Crippen molar-refractivity contribution in [1.82, 2.24) is 0 Å². The number of halogens is 4.